The number of halogens is 2. The van der Waals surface area contributed by atoms with E-state index >= 15 is 0 Å². The van der Waals surface area contributed by atoms with Crippen molar-refractivity contribution in [3.8, 4) is 0 Å². The molecule has 2 N–H and O–H groups in total. The van der Waals surface area contributed by atoms with Crippen LogP contribution in [0, 0.1) is 11.6 Å². The van der Waals surface area contributed by atoms with Crippen molar-refractivity contribution in [3.63, 3.8) is 0 Å². The maximum absolute atomic E-state index is 12.9. The van der Waals surface area contributed by atoms with Crippen LogP contribution in [0.5, 0.6) is 0 Å². The van der Waals surface area contributed by atoms with Crippen molar-refractivity contribution in [3.05, 3.63) is 48.1 Å². The van der Waals surface area contributed by atoms with E-state index < -0.39 is 29.6 Å². The zero-order valence-corrected chi connectivity index (χ0v) is 9.32. The van der Waals surface area contributed by atoms with Crippen LogP contribution in [0.25, 0.3) is 0 Å². The first-order valence-electron chi connectivity index (χ1n) is 5.05. The zero-order valence-electron chi connectivity index (χ0n) is 9.32. The molecule has 0 spiro atoms. The highest BCUT2D eigenvalue weighted by molar-refractivity contribution is 5.96. The molecular formula is C12H11F2NO3. The molecule has 1 aromatic carbocycles. The smallest absolute Gasteiger partial charge is 0.326 e. The van der Waals surface area contributed by atoms with Gasteiger partial charge in [-0.2, -0.15) is 0 Å². The van der Waals surface area contributed by atoms with Crippen LogP contribution in [0.3, 0.4) is 0 Å². The second-order valence-corrected chi connectivity index (χ2v) is 3.52. The first-order chi connectivity index (χ1) is 8.45. The molecule has 1 unspecified atom stereocenters. The largest absolute Gasteiger partial charge is 0.480 e. The summed E-state index contributed by atoms with van der Waals surface area (Å²) < 4.78 is 25.6. The molecule has 0 aliphatic heterocycles. The Morgan fingerprint density at radius 3 is 2.56 bits per heavy atom. The normalized spacial score (nSPS) is 11.7. The highest BCUT2D eigenvalue weighted by Crippen LogP contribution is 2.09. The van der Waals surface area contributed by atoms with E-state index in [-0.39, 0.29) is 12.0 Å². The van der Waals surface area contributed by atoms with E-state index in [1.807, 2.05) is 0 Å². The first-order valence-corrected chi connectivity index (χ1v) is 5.05. The summed E-state index contributed by atoms with van der Waals surface area (Å²) in [7, 11) is 0. The minimum Gasteiger partial charge on any atom is -0.480 e. The SMILES string of the molecule is C=CCC(NC(=O)c1ccc(F)c(F)c1)C(=O)O. The second kappa shape index (κ2) is 5.90. The molecule has 1 amide bonds. The number of carbonyl (C=O) groups is 2. The number of carboxylic acids is 1. The van der Waals surface area contributed by atoms with Gasteiger partial charge in [-0.1, -0.05) is 6.08 Å². The average Bonchev–Trinajstić information content (AvgIpc) is 2.31. The van der Waals surface area contributed by atoms with E-state index in [4.69, 9.17) is 5.11 Å². The Morgan fingerprint density at radius 2 is 2.06 bits per heavy atom. The summed E-state index contributed by atoms with van der Waals surface area (Å²) in [4.78, 5) is 22.4. The predicted octanol–water partition coefficient (Wildman–Crippen LogP) is 1.72. The van der Waals surface area contributed by atoms with Crippen LogP contribution in [-0.2, 0) is 4.79 Å². The minimum absolute atomic E-state index is 0.0325. The Balaban J connectivity index is 2.83. The summed E-state index contributed by atoms with van der Waals surface area (Å²) in [5.74, 6) is -4.26. The zero-order chi connectivity index (χ0) is 13.7. The maximum atomic E-state index is 12.9. The molecular weight excluding hydrogens is 244 g/mol. The predicted molar refractivity (Wildman–Crippen MR) is 60.1 cm³/mol. The van der Waals surface area contributed by atoms with Gasteiger partial charge in [0.2, 0.25) is 0 Å². The number of aliphatic carboxylic acids is 1. The fraction of sp³-hybridized carbons (Fsp3) is 0.167. The van der Waals surface area contributed by atoms with Crippen LogP contribution >= 0.6 is 0 Å². The third kappa shape index (κ3) is 3.38. The van der Waals surface area contributed by atoms with Gasteiger partial charge in [0.05, 0.1) is 0 Å². The Kier molecular flexibility index (Phi) is 4.53. The molecule has 0 radical (unpaired) electrons. The molecule has 0 saturated carbocycles. The lowest BCUT2D eigenvalue weighted by atomic mass is 10.1. The summed E-state index contributed by atoms with van der Waals surface area (Å²) in [5.41, 5.74) is -0.149. The lowest BCUT2D eigenvalue weighted by Crippen LogP contribution is -2.40. The molecule has 0 aliphatic rings. The summed E-state index contributed by atoms with van der Waals surface area (Å²) in [6.07, 6.45) is 1.37. The van der Waals surface area contributed by atoms with Gasteiger partial charge in [0.1, 0.15) is 6.04 Å². The molecule has 1 atom stereocenters. The summed E-state index contributed by atoms with van der Waals surface area (Å²) >= 11 is 0. The number of nitrogens with one attached hydrogen (secondary N) is 1. The van der Waals surface area contributed by atoms with Crippen LogP contribution in [-0.4, -0.2) is 23.0 Å². The van der Waals surface area contributed by atoms with Crippen molar-refractivity contribution in [1.82, 2.24) is 5.32 Å². The minimum atomic E-state index is -1.23. The van der Waals surface area contributed by atoms with Crippen LogP contribution in [0.15, 0.2) is 30.9 Å². The van der Waals surface area contributed by atoms with E-state index in [1.165, 1.54) is 6.08 Å². The van der Waals surface area contributed by atoms with E-state index in [0.29, 0.717) is 6.07 Å². The van der Waals surface area contributed by atoms with Gasteiger partial charge in [0.25, 0.3) is 5.91 Å². The molecule has 0 heterocycles. The summed E-state index contributed by atoms with van der Waals surface area (Å²) in [6.45, 7) is 3.36. The molecule has 6 heteroatoms. The average molecular weight is 255 g/mol. The molecule has 1 rings (SSSR count). The molecule has 0 aromatic heterocycles. The topological polar surface area (TPSA) is 66.4 Å². The Bertz CT molecular complexity index is 488. The van der Waals surface area contributed by atoms with E-state index in [1.54, 1.807) is 0 Å². The molecule has 0 aliphatic carbocycles. The van der Waals surface area contributed by atoms with Crippen molar-refractivity contribution < 1.29 is 23.5 Å². The summed E-state index contributed by atoms with van der Waals surface area (Å²) in [6, 6.07) is 1.43. The molecule has 0 saturated heterocycles. The standard InChI is InChI=1S/C12H11F2NO3/c1-2-3-10(12(17)18)15-11(16)7-4-5-8(13)9(14)6-7/h2,4-6,10H,1,3H2,(H,15,16)(H,17,18). The Labute approximate surface area is 102 Å². The number of hydrogen-bond donors (Lipinski definition) is 2. The van der Waals surface area contributed by atoms with Crippen LogP contribution in [0.2, 0.25) is 0 Å². The number of carbonyl (C=O) groups excluding carboxylic acids is 1. The molecule has 0 fully saturated rings. The number of rotatable bonds is 5. The van der Waals surface area contributed by atoms with Gasteiger partial charge in [-0.3, -0.25) is 4.79 Å². The number of amides is 1. The van der Waals surface area contributed by atoms with Gasteiger partial charge in [0, 0.05) is 5.56 Å². The van der Waals surface area contributed by atoms with Crippen molar-refractivity contribution in [2.45, 2.75) is 12.5 Å². The molecule has 4 nitrogen and oxygen atoms in total. The van der Waals surface area contributed by atoms with Gasteiger partial charge in [-0.05, 0) is 24.6 Å². The summed E-state index contributed by atoms with van der Waals surface area (Å²) in [5, 5.41) is 11.0. The van der Waals surface area contributed by atoms with Crippen LogP contribution in [0.1, 0.15) is 16.8 Å². The quantitative estimate of drug-likeness (QED) is 0.787. The van der Waals surface area contributed by atoms with E-state index in [0.717, 1.165) is 12.1 Å². The van der Waals surface area contributed by atoms with E-state index in [9.17, 15) is 18.4 Å². The highest BCUT2D eigenvalue weighted by atomic mass is 19.2. The molecule has 0 bridgehead atoms. The van der Waals surface area contributed by atoms with Crippen molar-refractivity contribution >= 4 is 11.9 Å². The number of hydrogen-bond acceptors (Lipinski definition) is 2. The maximum Gasteiger partial charge on any atom is 0.326 e. The fourth-order valence-electron chi connectivity index (χ4n) is 1.27. The van der Waals surface area contributed by atoms with Crippen molar-refractivity contribution in [1.29, 1.82) is 0 Å². The lowest BCUT2D eigenvalue weighted by molar-refractivity contribution is -0.139. The van der Waals surface area contributed by atoms with Gasteiger partial charge in [0.15, 0.2) is 11.6 Å². The third-order valence-corrected chi connectivity index (χ3v) is 2.19. The Hall–Kier alpha value is -2.24. The number of benzene rings is 1. The van der Waals surface area contributed by atoms with Crippen molar-refractivity contribution in [2.24, 2.45) is 0 Å². The van der Waals surface area contributed by atoms with Gasteiger partial charge in [-0.15, -0.1) is 6.58 Å². The monoisotopic (exact) mass is 255 g/mol. The molecule has 96 valence electrons. The van der Waals surface area contributed by atoms with Gasteiger partial charge in [-0.25, -0.2) is 13.6 Å². The molecule has 18 heavy (non-hydrogen) atoms. The first kappa shape index (κ1) is 13.8. The van der Waals surface area contributed by atoms with Crippen molar-refractivity contribution in [2.75, 3.05) is 0 Å². The lowest BCUT2D eigenvalue weighted by Gasteiger charge is -2.12. The highest BCUT2D eigenvalue weighted by Gasteiger charge is 2.19. The number of carboxylic acid groups (broad SMARTS) is 1. The second-order valence-electron chi connectivity index (χ2n) is 3.52. The van der Waals surface area contributed by atoms with Gasteiger partial charge < -0.3 is 10.4 Å². The van der Waals surface area contributed by atoms with Gasteiger partial charge >= 0.3 is 5.97 Å². The molecule has 1 aromatic rings. The van der Waals surface area contributed by atoms with Crippen LogP contribution < -0.4 is 5.32 Å². The third-order valence-electron chi connectivity index (χ3n) is 2.19. The Morgan fingerprint density at radius 1 is 1.39 bits per heavy atom. The fourth-order valence-corrected chi connectivity index (χ4v) is 1.27. The van der Waals surface area contributed by atoms with Crippen LogP contribution in [0.4, 0.5) is 8.78 Å². The van der Waals surface area contributed by atoms with E-state index in [2.05, 4.69) is 11.9 Å².